The van der Waals surface area contributed by atoms with Crippen molar-refractivity contribution in [2.45, 2.75) is 39.3 Å². The fourth-order valence-electron chi connectivity index (χ4n) is 3.88. The van der Waals surface area contributed by atoms with Crippen LogP contribution in [0.2, 0.25) is 0 Å². The summed E-state index contributed by atoms with van der Waals surface area (Å²) < 4.78 is 24.6. The summed E-state index contributed by atoms with van der Waals surface area (Å²) in [4.78, 5) is 17.5. The molecule has 32 heavy (non-hydrogen) atoms. The van der Waals surface area contributed by atoms with Gasteiger partial charge in [-0.2, -0.15) is 0 Å². The van der Waals surface area contributed by atoms with Crippen molar-refractivity contribution in [1.82, 2.24) is 10.1 Å². The Kier molecular flexibility index (Phi) is 6.44. The van der Waals surface area contributed by atoms with Crippen LogP contribution in [0.3, 0.4) is 0 Å². The number of ether oxygens (including phenoxy) is 1. The van der Waals surface area contributed by atoms with Gasteiger partial charge in [-0.25, -0.2) is 4.39 Å². The quantitative estimate of drug-likeness (QED) is 0.464. The maximum Gasteiger partial charge on any atom is 0.254 e. The molecule has 7 heteroatoms. The van der Waals surface area contributed by atoms with Gasteiger partial charge in [0.25, 0.3) is 5.91 Å². The molecule has 4 rings (SSSR count). The zero-order valence-electron chi connectivity index (χ0n) is 18.7. The van der Waals surface area contributed by atoms with Crippen molar-refractivity contribution in [3.05, 3.63) is 65.5 Å². The highest BCUT2D eigenvalue weighted by atomic mass is 19.1. The molecule has 0 N–H and O–H groups in total. The van der Waals surface area contributed by atoms with Crippen molar-refractivity contribution in [3.8, 4) is 17.0 Å². The average molecular weight is 438 g/mol. The molecular formula is C25H28FN3O3. The first-order valence-electron chi connectivity index (χ1n) is 11.0. The van der Waals surface area contributed by atoms with Crippen LogP contribution in [0.5, 0.6) is 5.75 Å². The van der Waals surface area contributed by atoms with Gasteiger partial charge in [-0.3, -0.25) is 4.79 Å². The van der Waals surface area contributed by atoms with Gasteiger partial charge < -0.3 is 19.1 Å². The van der Waals surface area contributed by atoms with Crippen LogP contribution in [0.15, 0.2) is 53.1 Å². The molecule has 1 aliphatic carbocycles. The molecule has 0 atom stereocenters. The summed E-state index contributed by atoms with van der Waals surface area (Å²) in [5, 5.41) is 4.33. The van der Waals surface area contributed by atoms with Crippen LogP contribution in [-0.2, 0) is 6.54 Å². The van der Waals surface area contributed by atoms with Crippen LogP contribution in [0.4, 0.5) is 10.3 Å². The Morgan fingerprint density at radius 2 is 1.88 bits per heavy atom. The average Bonchev–Trinajstić information content (AvgIpc) is 3.59. The van der Waals surface area contributed by atoms with Crippen LogP contribution in [0.25, 0.3) is 11.3 Å². The number of methoxy groups -OCH3 is 1. The van der Waals surface area contributed by atoms with Gasteiger partial charge in [0.15, 0.2) is 0 Å². The van der Waals surface area contributed by atoms with E-state index in [2.05, 4.69) is 10.1 Å². The van der Waals surface area contributed by atoms with Crippen molar-refractivity contribution in [2.24, 2.45) is 0 Å². The molecule has 0 spiro atoms. The largest absolute Gasteiger partial charge is 0.497 e. The molecule has 168 valence electrons. The number of hydrogen-bond acceptors (Lipinski definition) is 5. The number of carbonyl (C=O) groups is 1. The summed E-state index contributed by atoms with van der Waals surface area (Å²) in [6.45, 7) is 5.95. The van der Waals surface area contributed by atoms with E-state index in [4.69, 9.17) is 9.26 Å². The van der Waals surface area contributed by atoms with E-state index in [1.54, 1.807) is 31.4 Å². The van der Waals surface area contributed by atoms with E-state index < -0.39 is 0 Å². The third-order valence-electron chi connectivity index (χ3n) is 5.83. The molecule has 3 aromatic rings. The standard InChI is InChI=1S/C25H28FN3O3/c1-4-28(5-2)25-22(23(27-32-25)17-9-11-19(26)12-10-17)16-29(20-13-14-20)24(30)18-7-6-8-21(15-18)31-3/h6-12,15,20H,4-5,13-14,16H2,1-3H3. The Morgan fingerprint density at radius 3 is 2.50 bits per heavy atom. The smallest absolute Gasteiger partial charge is 0.254 e. The van der Waals surface area contributed by atoms with Gasteiger partial charge in [0.05, 0.1) is 19.2 Å². The molecule has 0 saturated heterocycles. The fourth-order valence-corrected chi connectivity index (χ4v) is 3.88. The second-order valence-electron chi connectivity index (χ2n) is 7.89. The molecule has 1 aromatic heterocycles. The Labute approximate surface area is 187 Å². The highest BCUT2D eigenvalue weighted by Gasteiger charge is 2.35. The number of anilines is 1. The number of hydrogen-bond donors (Lipinski definition) is 0. The minimum Gasteiger partial charge on any atom is -0.497 e. The van der Waals surface area contributed by atoms with E-state index in [0.29, 0.717) is 29.4 Å². The predicted molar refractivity (Wildman–Crippen MR) is 121 cm³/mol. The zero-order chi connectivity index (χ0) is 22.7. The van der Waals surface area contributed by atoms with Gasteiger partial charge in [0, 0.05) is 30.3 Å². The lowest BCUT2D eigenvalue weighted by atomic mass is 10.1. The number of aromatic nitrogens is 1. The molecule has 1 heterocycles. The zero-order valence-corrected chi connectivity index (χ0v) is 18.7. The molecule has 0 unspecified atom stereocenters. The summed E-state index contributed by atoms with van der Waals surface area (Å²) in [5.41, 5.74) is 2.81. The maximum absolute atomic E-state index is 13.5. The molecule has 1 aliphatic rings. The summed E-state index contributed by atoms with van der Waals surface area (Å²) in [6, 6.07) is 13.6. The monoisotopic (exact) mass is 437 g/mol. The number of halogens is 1. The third-order valence-corrected chi connectivity index (χ3v) is 5.83. The molecule has 1 amide bonds. The van der Waals surface area contributed by atoms with E-state index in [1.807, 2.05) is 30.9 Å². The van der Waals surface area contributed by atoms with Crippen LogP contribution in [-0.4, -0.2) is 42.2 Å². The maximum atomic E-state index is 13.5. The number of carbonyl (C=O) groups excluding carboxylic acids is 1. The van der Waals surface area contributed by atoms with E-state index in [0.717, 1.165) is 37.1 Å². The third kappa shape index (κ3) is 4.47. The normalized spacial score (nSPS) is 13.1. The Morgan fingerprint density at radius 1 is 1.16 bits per heavy atom. The highest BCUT2D eigenvalue weighted by Crippen LogP contribution is 2.37. The molecule has 0 radical (unpaired) electrons. The Balaban J connectivity index is 1.73. The molecule has 2 aromatic carbocycles. The Hall–Kier alpha value is -3.35. The summed E-state index contributed by atoms with van der Waals surface area (Å²) in [5.74, 6) is 0.935. The molecule has 1 fully saturated rings. The van der Waals surface area contributed by atoms with Crippen molar-refractivity contribution in [2.75, 3.05) is 25.1 Å². The van der Waals surface area contributed by atoms with Crippen LogP contribution >= 0.6 is 0 Å². The van der Waals surface area contributed by atoms with Gasteiger partial charge in [0.1, 0.15) is 17.3 Å². The van der Waals surface area contributed by atoms with Gasteiger partial charge in [-0.15, -0.1) is 0 Å². The Bertz CT molecular complexity index is 1070. The first kappa shape index (κ1) is 21.9. The van der Waals surface area contributed by atoms with E-state index in [-0.39, 0.29) is 17.8 Å². The SMILES string of the molecule is CCN(CC)c1onc(-c2ccc(F)cc2)c1CN(C(=O)c1cccc(OC)c1)C1CC1. The van der Waals surface area contributed by atoms with Crippen LogP contribution < -0.4 is 9.64 Å². The molecule has 1 saturated carbocycles. The first-order valence-corrected chi connectivity index (χ1v) is 11.0. The summed E-state index contributed by atoms with van der Waals surface area (Å²) >= 11 is 0. The number of amides is 1. The first-order chi connectivity index (χ1) is 15.5. The molecule has 6 nitrogen and oxygen atoms in total. The summed E-state index contributed by atoms with van der Waals surface area (Å²) in [6.07, 6.45) is 1.93. The second kappa shape index (κ2) is 9.42. The predicted octanol–water partition coefficient (Wildman–Crippen LogP) is 5.14. The number of benzene rings is 2. The van der Waals surface area contributed by atoms with Gasteiger partial charge in [-0.1, -0.05) is 11.2 Å². The molecule has 0 bridgehead atoms. The van der Waals surface area contributed by atoms with Crippen LogP contribution in [0.1, 0.15) is 42.6 Å². The molecule has 0 aliphatic heterocycles. The van der Waals surface area contributed by atoms with E-state index in [9.17, 15) is 9.18 Å². The highest BCUT2D eigenvalue weighted by molar-refractivity contribution is 5.95. The van der Waals surface area contributed by atoms with Crippen molar-refractivity contribution < 1.29 is 18.4 Å². The lowest BCUT2D eigenvalue weighted by Gasteiger charge is -2.25. The number of rotatable bonds is 9. The van der Waals surface area contributed by atoms with Crippen molar-refractivity contribution in [3.63, 3.8) is 0 Å². The molecular weight excluding hydrogens is 409 g/mol. The fraction of sp³-hybridized carbons (Fsp3) is 0.360. The lowest BCUT2D eigenvalue weighted by Crippen LogP contribution is -2.33. The van der Waals surface area contributed by atoms with Gasteiger partial charge in [-0.05, 0) is 69.2 Å². The second-order valence-corrected chi connectivity index (χ2v) is 7.89. The van der Waals surface area contributed by atoms with Gasteiger partial charge in [0.2, 0.25) is 5.88 Å². The van der Waals surface area contributed by atoms with E-state index >= 15 is 0 Å². The summed E-state index contributed by atoms with van der Waals surface area (Å²) in [7, 11) is 1.59. The van der Waals surface area contributed by atoms with Crippen molar-refractivity contribution in [1.29, 1.82) is 0 Å². The van der Waals surface area contributed by atoms with E-state index in [1.165, 1.54) is 12.1 Å². The minimum absolute atomic E-state index is 0.0526. The topological polar surface area (TPSA) is 58.8 Å². The van der Waals surface area contributed by atoms with Crippen LogP contribution in [0, 0.1) is 5.82 Å². The lowest BCUT2D eigenvalue weighted by molar-refractivity contribution is 0.0730. The van der Waals surface area contributed by atoms with Gasteiger partial charge >= 0.3 is 0 Å². The van der Waals surface area contributed by atoms with Crippen molar-refractivity contribution >= 4 is 11.8 Å². The number of nitrogens with zero attached hydrogens (tertiary/aromatic N) is 3. The minimum atomic E-state index is -0.310.